The number of benzene rings is 1. The maximum absolute atomic E-state index is 3.40. The summed E-state index contributed by atoms with van der Waals surface area (Å²) in [5, 5.41) is 3.40. The maximum Gasteiger partial charge on any atom is 0.0411 e. The van der Waals surface area contributed by atoms with E-state index in [4.69, 9.17) is 0 Å². The van der Waals surface area contributed by atoms with Gasteiger partial charge in [0, 0.05) is 11.8 Å². The summed E-state index contributed by atoms with van der Waals surface area (Å²) in [4.78, 5) is 0. The molecule has 0 amide bonds. The third-order valence-electron chi connectivity index (χ3n) is 3.19. The maximum atomic E-state index is 3.40. The molecule has 1 unspecified atom stereocenters. The number of rotatable bonds is 4. The molecule has 0 radical (unpaired) electrons. The fourth-order valence-electron chi connectivity index (χ4n) is 2.03. The molecular formula is C15H25NS. The summed E-state index contributed by atoms with van der Waals surface area (Å²) >= 11 is 1.89. The normalized spacial score (nSPS) is 13.8. The highest BCUT2D eigenvalue weighted by molar-refractivity contribution is 7.98. The fraction of sp³-hybridized carbons (Fsp3) is 0.600. The van der Waals surface area contributed by atoms with E-state index in [0.717, 1.165) is 5.75 Å². The predicted molar refractivity (Wildman–Crippen MR) is 80.1 cm³/mol. The molecule has 96 valence electrons. The molecule has 1 atom stereocenters. The molecule has 0 spiro atoms. The lowest BCUT2D eigenvalue weighted by Gasteiger charge is -2.23. The van der Waals surface area contributed by atoms with Gasteiger partial charge < -0.3 is 5.32 Å². The lowest BCUT2D eigenvalue weighted by molar-refractivity contribution is 0.587. The number of aryl methyl sites for hydroxylation is 1. The van der Waals surface area contributed by atoms with Gasteiger partial charge in [-0.3, -0.25) is 0 Å². The van der Waals surface area contributed by atoms with E-state index in [9.17, 15) is 0 Å². The molecule has 0 aromatic heterocycles. The Morgan fingerprint density at radius 2 is 1.94 bits per heavy atom. The van der Waals surface area contributed by atoms with Crippen LogP contribution in [0.1, 0.15) is 43.5 Å². The third kappa shape index (κ3) is 3.75. The average molecular weight is 251 g/mol. The van der Waals surface area contributed by atoms with Crippen molar-refractivity contribution >= 4 is 11.8 Å². The summed E-state index contributed by atoms with van der Waals surface area (Å²) in [6.07, 6.45) is 2.16. The van der Waals surface area contributed by atoms with Gasteiger partial charge >= 0.3 is 0 Å². The van der Waals surface area contributed by atoms with Crippen LogP contribution in [-0.2, 0) is 5.41 Å². The Hall–Kier alpha value is -0.470. The zero-order valence-electron chi connectivity index (χ0n) is 11.9. The van der Waals surface area contributed by atoms with Crippen LogP contribution in [0.2, 0.25) is 0 Å². The zero-order chi connectivity index (χ0) is 13.1. The van der Waals surface area contributed by atoms with E-state index >= 15 is 0 Å². The molecule has 1 aromatic rings. The third-order valence-corrected chi connectivity index (χ3v) is 3.86. The van der Waals surface area contributed by atoms with E-state index in [1.165, 1.54) is 16.7 Å². The van der Waals surface area contributed by atoms with E-state index in [1.54, 1.807) is 0 Å². The zero-order valence-corrected chi connectivity index (χ0v) is 12.7. The van der Waals surface area contributed by atoms with Gasteiger partial charge in [0.1, 0.15) is 0 Å². The van der Waals surface area contributed by atoms with Crippen LogP contribution >= 0.6 is 11.8 Å². The van der Waals surface area contributed by atoms with Crippen molar-refractivity contribution in [1.29, 1.82) is 0 Å². The van der Waals surface area contributed by atoms with Crippen molar-refractivity contribution in [3.63, 3.8) is 0 Å². The Balaban J connectivity index is 3.04. The summed E-state index contributed by atoms with van der Waals surface area (Å²) in [5.41, 5.74) is 4.47. The van der Waals surface area contributed by atoms with Crippen molar-refractivity contribution in [3.05, 3.63) is 34.9 Å². The van der Waals surface area contributed by atoms with Crippen LogP contribution in [0.25, 0.3) is 0 Å². The van der Waals surface area contributed by atoms with Crippen molar-refractivity contribution in [2.45, 2.75) is 39.2 Å². The minimum absolute atomic E-state index is 0.234. The number of hydrogen-bond donors (Lipinski definition) is 1. The van der Waals surface area contributed by atoms with Gasteiger partial charge in [0.2, 0.25) is 0 Å². The first-order chi connectivity index (χ1) is 7.90. The minimum atomic E-state index is 0.234. The molecule has 0 bridgehead atoms. The monoisotopic (exact) mass is 251 g/mol. The quantitative estimate of drug-likeness (QED) is 0.870. The largest absolute Gasteiger partial charge is 0.312 e. The molecule has 0 saturated heterocycles. The Morgan fingerprint density at radius 3 is 2.35 bits per heavy atom. The predicted octanol–water partition coefficient (Wildman–Crippen LogP) is 3.92. The Bertz CT molecular complexity index is 366. The standard InChI is InChI=1S/C15H25NS/c1-11-9-12(15(2,3)4)7-8-13(11)14(16-5)10-17-6/h7-9,14,16H,10H2,1-6H3. The lowest BCUT2D eigenvalue weighted by Crippen LogP contribution is -2.20. The van der Waals surface area contributed by atoms with Gasteiger partial charge in [0.05, 0.1) is 0 Å². The molecule has 0 aliphatic rings. The van der Waals surface area contributed by atoms with Gasteiger partial charge in [-0.05, 0) is 42.3 Å². The summed E-state index contributed by atoms with van der Waals surface area (Å²) in [7, 11) is 2.04. The van der Waals surface area contributed by atoms with Gasteiger partial charge in [0.25, 0.3) is 0 Å². The molecule has 0 heterocycles. The number of nitrogens with one attached hydrogen (secondary N) is 1. The summed E-state index contributed by atoms with van der Waals surface area (Å²) in [5.74, 6) is 1.12. The van der Waals surface area contributed by atoms with Crippen molar-refractivity contribution in [1.82, 2.24) is 5.32 Å². The van der Waals surface area contributed by atoms with Crippen LogP contribution in [0.15, 0.2) is 18.2 Å². The molecule has 17 heavy (non-hydrogen) atoms. The van der Waals surface area contributed by atoms with E-state index in [1.807, 2.05) is 18.8 Å². The second kappa shape index (κ2) is 5.92. The van der Waals surface area contributed by atoms with Gasteiger partial charge in [-0.15, -0.1) is 0 Å². The van der Waals surface area contributed by atoms with Gasteiger partial charge in [-0.1, -0.05) is 39.0 Å². The van der Waals surface area contributed by atoms with Gasteiger partial charge in [-0.2, -0.15) is 11.8 Å². The second-order valence-corrected chi connectivity index (χ2v) is 6.53. The minimum Gasteiger partial charge on any atom is -0.312 e. The first kappa shape index (κ1) is 14.6. The first-order valence-electron chi connectivity index (χ1n) is 6.17. The van der Waals surface area contributed by atoms with Gasteiger partial charge in [-0.25, -0.2) is 0 Å². The molecule has 0 fully saturated rings. The van der Waals surface area contributed by atoms with Crippen molar-refractivity contribution in [2.75, 3.05) is 19.1 Å². The van der Waals surface area contributed by atoms with E-state index < -0.39 is 0 Å². The molecule has 0 saturated carbocycles. The van der Waals surface area contributed by atoms with Crippen LogP contribution in [0, 0.1) is 6.92 Å². The van der Waals surface area contributed by atoms with Crippen LogP contribution < -0.4 is 5.32 Å². The van der Waals surface area contributed by atoms with E-state index in [2.05, 4.69) is 57.5 Å². The van der Waals surface area contributed by atoms with E-state index in [0.29, 0.717) is 6.04 Å². The van der Waals surface area contributed by atoms with Crippen molar-refractivity contribution < 1.29 is 0 Å². The first-order valence-corrected chi connectivity index (χ1v) is 7.56. The summed E-state index contributed by atoms with van der Waals surface area (Å²) in [6, 6.07) is 7.35. The molecule has 1 aromatic carbocycles. The van der Waals surface area contributed by atoms with Crippen LogP contribution in [0.3, 0.4) is 0 Å². The highest BCUT2D eigenvalue weighted by Gasteiger charge is 2.16. The molecule has 1 N–H and O–H groups in total. The molecule has 2 heteroatoms. The van der Waals surface area contributed by atoms with E-state index in [-0.39, 0.29) is 5.41 Å². The topological polar surface area (TPSA) is 12.0 Å². The summed E-state index contributed by atoms with van der Waals surface area (Å²) < 4.78 is 0. The molecule has 0 aliphatic heterocycles. The van der Waals surface area contributed by atoms with Crippen molar-refractivity contribution in [3.8, 4) is 0 Å². The SMILES string of the molecule is CNC(CSC)c1ccc(C(C)(C)C)cc1C. The van der Waals surface area contributed by atoms with Crippen LogP contribution in [0.5, 0.6) is 0 Å². The highest BCUT2D eigenvalue weighted by atomic mass is 32.2. The Morgan fingerprint density at radius 1 is 1.29 bits per heavy atom. The highest BCUT2D eigenvalue weighted by Crippen LogP contribution is 2.27. The summed E-state index contributed by atoms with van der Waals surface area (Å²) in [6.45, 7) is 9.01. The lowest BCUT2D eigenvalue weighted by atomic mass is 9.85. The van der Waals surface area contributed by atoms with Crippen LogP contribution in [0.4, 0.5) is 0 Å². The Kier molecular flexibility index (Phi) is 5.08. The van der Waals surface area contributed by atoms with Crippen LogP contribution in [-0.4, -0.2) is 19.1 Å². The average Bonchev–Trinajstić information content (AvgIpc) is 2.25. The Labute approximate surface area is 110 Å². The molecule has 1 nitrogen and oxygen atoms in total. The smallest absolute Gasteiger partial charge is 0.0411 e. The number of hydrogen-bond acceptors (Lipinski definition) is 2. The fourth-order valence-corrected chi connectivity index (χ4v) is 2.71. The molecular weight excluding hydrogens is 226 g/mol. The van der Waals surface area contributed by atoms with Crippen molar-refractivity contribution in [2.24, 2.45) is 0 Å². The molecule has 1 rings (SSSR count). The molecule has 0 aliphatic carbocycles. The number of thioether (sulfide) groups is 1. The van der Waals surface area contributed by atoms with Gasteiger partial charge in [0.15, 0.2) is 0 Å². The second-order valence-electron chi connectivity index (χ2n) is 5.62.